The highest BCUT2D eigenvalue weighted by Crippen LogP contribution is 2.58. The Kier molecular flexibility index (Phi) is 2.26. The molecule has 1 fully saturated rings. The fraction of sp³-hybridized carbons (Fsp3) is 0.538. The number of halogens is 1. The van der Waals surface area contributed by atoms with Gasteiger partial charge in [-0.15, -0.1) is 0 Å². The number of alkyl halides is 1. The highest BCUT2D eigenvalue weighted by molar-refractivity contribution is 14.1. The van der Waals surface area contributed by atoms with E-state index < -0.39 is 5.50 Å². The van der Waals surface area contributed by atoms with Crippen LogP contribution in [0.1, 0.15) is 36.5 Å². The first-order valence-corrected chi connectivity index (χ1v) is 6.81. The van der Waals surface area contributed by atoms with Gasteiger partial charge in [0.2, 0.25) is 0 Å². The lowest BCUT2D eigenvalue weighted by Gasteiger charge is -2.22. The van der Waals surface area contributed by atoms with Crippen LogP contribution in [-0.4, -0.2) is 17.0 Å². The molecular formula is C13H14BIO. The van der Waals surface area contributed by atoms with Crippen molar-refractivity contribution < 1.29 is 4.74 Å². The zero-order chi connectivity index (χ0) is 11.6. The van der Waals surface area contributed by atoms with Gasteiger partial charge in [-0.25, -0.2) is 0 Å². The van der Waals surface area contributed by atoms with E-state index in [0.717, 1.165) is 12.8 Å². The summed E-state index contributed by atoms with van der Waals surface area (Å²) in [6.07, 6.45) is 1.80. The van der Waals surface area contributed by atoms with Crippen LogP contribution in [0.3, 0.4) is 0 Å². The van der Waals surface area contributed by atoms with Crippen molar-refractivity contribution in [3.63, 3.8) is 0 Å². The molecule has 1 nitrogen and oxygen atoms in total. The smallest absolute Gasteiger partial charge is 0.143 e. The average molecular weight is 324 g/mol. The molecule has 1 aromatic rings. The molecule has 2 aliphatic rings. The van der Waals surface area contributed by atoms with Crippen molar-refractivity contribution in [3.8, 4) is 0 Å². The van der Waals surface area contributed by atoms with Gasteiger partial charge in [-0.1, -0.05) is 32.0 Å². The summed E-state index contributed by atoms with van der Waals surface area (Å²) < 4.78 is 5.55. The van der Waals surface area contributed by atoms with Gasteiger partial charge < -0.3 is 4.74 Å². The SMILES string of the molecule is [B]C12Cc3ccc(C(C)C)cc3CC1(I)O2. The van der Waals surface area contributed by atoms with Crippen molar-refractivity contribution in [3.05, 3.63) is 34.9 Å². The Bertz CT molecular complexity index is 459. The lowest BCUT2D eigenvalue weighted by molar-refractivity contribution is 0.349. The molecule has 0 amide bonds. The van der Waals surface area contributed by atoms with Crippen LogP contribution in [0.2, 0.25) is 0 Å². The van der Waals surface area contributed by atoms with Gasteiger partial charge in [0.1, 0.15) is 11.5 Å². The van der Waals surface area contributed by atoms with Gasteiger partial charge in [0.25, 0.3) is 0 Å². The van der Waals surface area contributed by atoms with Crippen molar-refractivity contribution in [2.75, 3.05) is 0 Å². The van der Waals surface area contributed by atoms with Crippen LogP contribution >= 0.6 is 22.6 Å². The molecule has 3 rings (SSSR count). The lowest BCUT2D eigenvalue weighted by atomic mass is 9.72. The Morgan fingerprint density at radius 2 is 2.06 bits per heavy atom. The Morgan fingerprint density at radius 1 is 1.31 bits per heavy atom. The van der Waals surface area contributed by atoms with E-state index in [9.17, 15) is 0 Å². The molecule has 0 spiro atoms. The second-order valence-electron chi connectivity index (χ2n) is 5.26. The first kappa shape index (κ1) is 11.1. The Labute approximate surface area is 112 Å². The van der Waals surface area contributed by atoms with Crippen LogP contribution in [0.15, 0.2) is 18.2 Å². The minimum Gasteiger partial charge on any atom is -0.361 e. The Hall–Kier alpha value is -0.0251. The molecular weight excluding hydrogens is 310 g/mol. The van der Waals surface area contributed by atoms with E-state index in [1.54, 1.807) is 0 Å². The van der Waals surface area contributed by atoms with Gasteiger partial charge in [-0.3, -0.25) is 0 Å². The highest BCUT2D eigenvalue weighted by atomic mass is 127. The monoisotopic (exact) mass is 324 g/mol. The molecule has 2 unspecified atom stereocenters. The van der Waals surface area contributed by atoms with Crippen LogP contribution < -0.4 is 0 Å². The third-order valence-electron chi connectivity index (χ3n) is 3.70. The summed E-state index contributed by atoms with van der Waals surface area (Å²) in [5.41, 5.74) is 3.78. The van der Waals surface area contributed by atoms with Crippen molar-refractivity contribution >= 4 is 30.4 Å². The van der Waals surface area contributed by atoms with E-state index in [2.05, 4.69) is 54.6 Å². The molecule has 2 atom stereocenters. The normalized spacial score (nSPS) is 35.8. The zero-order valence-corrected chi connectivity index (χ0v) is 11.7. The van der Waals surface area contributed by atoms with Gasteiger partial charge >= 0.3 is 0 Å². The molecule has 1 aromatic carbocycles. The quantitative estimate of drug-likeness (QED) is 0.335. The Morgan fingerprint density at radius 3 is 2.75 bits per heavy atom. The summed E-state index contributed by atoms with van der Waals surface area (Å²) in [5, 5.41) is 0. The molecule has 0 N–H and O–H groups in total. The van der Waals surface area contributed by atoms with E-state index in [-0.39, 0.29) is 3.61 Å². The van der Waals surface area contributed by atoms with Crippen molar-refractivity contribution in [1.82, 2.24) is 0 Å². The molecule has 1 aliphatic carbocycles. The van der Waals surface area contributed by atoms with Crippen LogP contribution in [0.25, 0.3) is 0 Å². The lowest BCUT2D eigenvalue weighted by Crippen LogP contribution is -2.31. The molecule has 1 aliphatic heterocycles. The summed E-state index contributed by atoms with van der Waals surface area (Å²) in [6.45, 7) is 4.45. The first-order valence-electron chi connectivity index (χ1n) is 5.73. The van der Waals surface area contributed by atoms with Gasteiger partial charge in [-0.2, -0.15) is 0 Å². The molecule has 2 radical (unpaired) electrons. The maximum atomic E-state index is 6.17. The summed E-state index contributed by atoms with van der Waals surface area (Å²) in [7, 11) is 6.17. The van der Waals surface area contributed by atoms with E-state index >= 15 is 0 Å². The Balaban J connectivity index is 2.01. The molecule has 0 aromatic heterocycles. The standard InChI is InChI=1S/C13H14BIO/c1-8(2)9-3-4-10-6-12(14)13(15,16-12)7-11(10)5-9/h3-5,8H,6-7H2,1-2H3. The average Bonchev–Trinajstić information content (AvgIpc) is 2.74. The maximum absolute atomic E-state index is 6.17. The maximum Gasteiger partial charge on any atom is 0.143 e. The fourth-order valence-electron chi connectivity index (χ4n) is 2.49. The van der Waals surface area contributed by atoms with Gasteiger partial charge in [0.05, 0.1) is 5.50 Å². The second kappa shape index (κ2) is 3.25. The van der Waals surface area contributed by atoms with Crippen molar-refractivity contribution in [2.45, 2.75) is 41.7 Å². The zero-order valence-electron chi connectivity index (χ0n) is 9.59. The number of hydrogen-bond donors (Lipinski definition) is 0. The summed E-state index contributed by atoms with van der Waals surface area (Å²) in [6, 6.07) is 6.76. The third kappa shape index (κ3) is 1.47. The van der Waals surface area contributed by atoms with Gasteiger partial charge in [0.15, 0.2) is 0 Å². The van der Waals surface area contributed by atoms with Gasteiger partial charge in [0, 0.05) is 6.42 Å². The number of epoxide rings is 1. The number of rotatable bonds is 1. The molecule has 3 heteroatoms. The number of ether oxygens (including phenoxy) is 1. The van der Waals surface area contributed by atoms with Crippen LogP contribution in [0.4, 0.5) is 0 Å². The van der Waals surface area contributed by atoms with Crippen LogP contribution in [0, 0.1) is 0 Å². The van der Waals surface area contributed by atoms with Gasteiger partial charge in [-0.05, 0) is 51.6 Å². The predicted octanol–water partition coefficient (Wildman–Crippen LogP) is 2.93. The molecule has 82 valence electrons. The minimum atomic E-state index is -0.403. The van der Waals surface area contributed by atoms with E-state index in [1.165, 1.54) is 16.7 Å². The number of benzene rings is 1. The van der Waals surface area contributed by atoms with E-state index in [1.807, 2.05) is 0 Å². The first-order chi connectivity index (χ1) is 7.44. The molecule has 0 bridgehead atoms. The summed E-state index contributed by atoms with van der Waals surface area (Å²) in [5.74, 6) is 0.583. The minimum absolute atomic E-state index is 0.145. The van der Waals surface area contributed by atoms with Crippen LogP contribution in [-0.2, 0) is 17.6 Å². The summed E-state index contributed by atoms with van der Waals surface area (Å²) in [4.78, 5) is 0. The predicted molar refractivity (Wildman–Crippen MR) is 74.3 cm³/mol. The molecule has 1 saturated heterocycles. The van der Waals surface area contributed by atoms with E-state index in [4.69, 9.17) is 12.6 Å². The molecule has 1 heterocycles. The molecule has 16 heavy (non-hydrogen) atoms. The number of hydrogen-bond acceptors (Lipinski definition) is 1. The third-order valence-corrected chi connectivity index (χ3v) is 5.22. The molecule has 0 saturated carbocycles. The van der Waals surface area contributed by atoms with E-state index in [0.29, 0.717) is 5.92 Å². The van der Waals surface area contributed by atoms with Crippen LogP contribution in [0.5, 0.6) is 0 Å². The summed E-state index contributed by atoms with van der Waals surface area (Å²) >= 11 is 2.36. The topological polar surface area (TPSA) is 12.5 Å². The van der Waals surface area contributed by atoms with Crippen molar-refractivity contribution in [2.24, 2.45) is 0 Å². The number of fused-ring (bicyclic) bond motifs is 2. The second-order valence-corrected chi connectivity index (χ2v) is 7.00. The highest BCUT2D eigenvalue weighted by Gasteiger charge is 2.66. The largest absolute Gasteiger partial charge is 0.361 e. The van der Waals surface area contributed by atoms with Crippen molar-refractivity contribution in [1.29, 1.82) is 0 Å². The fourth-order valence-corrected chi connectivity index (χ4v) is 3.48.